The Morgan fingerprint density at radius 3 is 2.00 bits per heavy atom. The zero-order valence-corrected chi connectivity index (χ0v) is 8.19. The average molecular weight is 232 g/mol. The molecule has 0 saturated carbocycles. The van der Waals surface area contributed by atoms with Gasteiger partial charge in [0.2, 0.25) is 4.29 Å². The minimum Gasteiger partial charge on any atom is -0.143 e. The van der Waals surface area contributed by atoms with Crippen LogP contribution in [0.15, 0.2) is 0 Å². The molecule has 0 fully saturated rings. The van der Waals surface area contributed by atoms with Gasteiger partial charge in [-0.15, -0.1) is 38.8 Å². The van der Waals surface area contributed by atoms with Gasteiger partial charge in [0.15, 0.2) is 0 Å². The topological polar surface area (TPSA) is 0 Å². The van der Waals surface area contributed by atoms with Crippen LogP contribution in [0.2, 0.25) is 6.82 Å². The van der Waals surface area contributed by atoms with Crippen LogP contribution in [0, 0.1) is 0 Å². The van der Waals surface area contributed by atoms with E-state index in [-0.39, 0.29) is 7.49 Å². The van der Waals surface area contributed by atoms with Crippen LogP contribution in [0.1, 0.15) is 0 Å². The summed E-state index contributed by atoms with van der Waals surface area (Å²) in [7, 11) is 3.07. The summed E-state index contributed by atoms with van der Waals surface area (Å²) < 4.78 is 0.850. The summed E-state index contributed by atoms with van der Waals surface area (Å²) in [6.07, 6.45) is 0. The molecule has 2 atom stereocenters. The van der Waals surface area contributed by atoms with E-state index >= 15 is 0 Å². The number of hydrogen-bond acceptors (Lipinski definition) is 0. The van der Waals surface area contributed by atoms with E-state index < -0.39 is 0 Å². The molecule has 4 heteroatoms. The predicted octanol–water partition coefficient (Wildman–Crippen LogP) is 2.44. The van der Waals surface area contributed by atoms with Crippen LogP contribution in [0.25, 0.3) is 0 Å². The molecule has 6 heavy (non-hydrogen) atoms. The smallest absolute Gasteiger partial charge is 0.143 e. The van der Waals surface area contributed by atoms with Gasteiger partial charge >= 0.3 is 0 Å². The molecule has 0 saturated heterocycles. The number of halogens is 1. The van der Waals surface area contributed by atoms with Gasteiger partial charge in [0.25, 0.3) is 0 Å². The van der Waals surface area contributed by atoms with Crippen molar-refractivity contribution in [2.75, 3.05) is 6.66 Å². The van der Waals surface area contributed by atoms with Gasteiger partial charge in [-0.25, -0.2) is 0 Å². The van der Waals surface area contributed by atoms with E-state index in [4.69, 9.17) is 0 Å². The number of rotatable bonds is 1. The fraction of sp³-hybridized carbons (Fsp3) is 1.00. The molecule has 0 heterocycles. The number of hydrogen-bond donors (Lipinski definition) is 0. The fourth-order valence-electron chi connectivity index (χ4n) is 0. The van der Waals surface area contributed by atoms with Crippen molar-refractivity contribution < 1.29 is 0 Å². The molecule has 0 amide bonds. The first kappa shape index (κ1) is 7.65. The summed E-state index contributed by atoms with van der Waals surface area (Å²) in [5.41, 5.74) is 0. The highest BCUT2D eigenvalue weighted by Crippen LogP contribution is 2.45. The van der Waals surface area contributed by atoms with Crippen LogP contribution < -0.4 is 0 Å². The largest absolute Gasteiger partial charge is 0.246 e. The van der Waals surface area contributed by atoms with Crippen molar-refractivity contribution in [1.82, 2.24) is 0 Å². The summed E-state index contributed by atoms with van der Waals surface area (Å²) in [6, 6.07) is 0. The highest BCUT2D eigenvalue weighted by molar-refractivity contribution is 14.1. The molecule has 0 aliphatic rings. The second-order valence-corrected chi connectivity index (χ2v) is 8.64. The Bertz CT molecular complexity index is 32.5. The van der Waals surface area contributed by atoms with Crippen molar-refractivity contribution in [1.29, 1.82) is 0 Å². The molecular weight excluding hydrogens is 224 g/mol. The molecule has 0 aromatic heterocycles. The normalized spacial score (nSPS) is 14.0. The summed E-state index contributed by atoms with van der Waals surface area (Å²) in [5, 5.41) is 0. The first-order valence-electron chi connectivity index (χ1n) is 1.76. The van der Waals surface area contributed by atoms with Crippen LogP contribution in [-0.2, 0) is 0 Å². The molecule has 2 unspecified atom stereocenters. The van der Waals surface area contributed by atoms with Crippen molar-refractivity contribution >= 4 is 43.1 Å². The highest BCUT2D eigenvalue weighted by atomic mass is 127. The lowest BCUT2D eigenvalue weighted by Crippen LogP contribution is -1.83. The minimum atomic E-state index is 0.244. The average Bonchev–Trinajstić information content (AvgIpc) is 1.36. The lowest BCUT2D eigenvalue weighted by Gasteiger charge is -2.00. The van der Waals surface area contributed by atoms with Gasteiger partial charge in [-0.1, -0.05) is 6.82 Å². The Morgan fingerprint density at radius 1 is 1.83 bits per heavy atom. The van der Waals surface area contributed by atoms with Gasteiger partial charge in [-0.3, -0.25) is 0 Å². The van der Waals surface area contributed by atoms with Gasteiger partial charge in [0, 0.05) is 0 Å². The van der Waals surface area contributed by atoms with Crippen molar-refractivity contribution in [3.63, 3.8) is 0 Å². The third-order valence-electron chi connectivity index (χ3n) is 0.561. The van der Waals surface area contributed by atoms with Gasteiger partial charge in [-0.05, 0) is 6.66 Å². The van der Waals surface area contributed by atoms with Crippen LogP contribution in [0.5, 0.6) is 0 Å². The Kier molecular flexibility index (Phi) is 4.63. The standard InChI is InChI=1S/C2H8BIP2/c1-3(4)6(2)5/h5H2,1-2H3. The van der Waals surface area contributed by atoms with Gasteiger partial charge in [0.1, 0.15) is 0 Å². The van der Waals surface area contributed by atoms with E-state index in [1.165, 1.54) is 0 Å². The lowest BCUT2D eigenvalue weighted by molar-refractivity contribution is 2.34. The first-order chi connectivity index (χ1) is 2.64. The van der Waals surface area contributed by atoms with Crippen LogP contribution in [0.3, 0.4) is 0 Å². The molecule has 0 aromatic rings. The minimum absolute atomic E-state index is 0.244. The van der Waals surface area contributed by atoms with E-state index in [0.29, 0.717) is 0 Å². The molecular formula is C2H8BIP2. The Labute approximate surface area is 56.6 Å². The van der Waals surface area contributed by atoms with Crippen molar-refractivity contribution in [2.24, 2.45) is 0 Å². The summed E-state index contributed by atoms with van der Waals surface area (Å²) in [4.78, 5) is 0. The molecule has 0 spiro atoms. The Hall–Kier alpha value is 1.65. The zero-order chi connectivity index (χ0) is 5.15. The van der Waals surface area contributed by atoms with E-state index in [2.05, 4.69) is 44.8 Å². The van der Waals surface area contributed by atoms with Crippen molar-refractivity contribution in [2.45, 2.75) is 6.82 Å². The molecule has 0 aromatic carbocycles. The molecule has 0 aliphatic heterocycles. The maximum Gasteiger partial charge on any atom is 0.246 e. The summed E-state index contributed by atoms with van der Waals surface area (Å²) >= 11 is 2.44. The maximum absolute atomic E-state index is 2.83. The molecule has 0 aliphatic carbocycles. The molecule has 0 rings (SSSR count). The lowest BCUT2D eigenvalue weighted by atomic mass is 10.2. The quantitative estimate of drug-likeness (QED) is 0.370. The summed E-state index contributed by atoms with van der Waals surface area (Å²) in [5.74, 6) is 0. The second-order valence-electron chi connectivity index (χ2n) is 1.24. The first-order valence-corrected chi connectivity index (χ1v) is 6.48. The SMILES string of the molecule is CB(I)P(C)P. The monoisotopic (exact) mass is 232 g/mol. The molecule has 36 valence electrons. The predicted molar refractivity (Wildman–Crippen MR) is 48.2 cm³/mol. The fourth-order valence-corrected chi connectivity index (χ4v) is 0. The van der Waals surface area contributed by atoms with Crippen LogP contribution in [-0.4, -0.2) is 11.0 Å². The van der Waals surface area contributed by atoms with Crippen LogP contribution >= 0.6 is 38.8 Å². The van der Waals surface area contributed by atoms with Gasteiger partial charge in [-0.2, -0.15) is 0 Å². The zero-order valence-electron chi connectivity index (χ0n) is 3.98. The molecule has 0 nitrogen and oxygen atoms in total. The van der Waals surface area contributed by atoms with E-state index in [9.17, 15) is 0 Å². The Morgan fingerprint density at radius 2 is 2.00 bits per heavy atom. The van der Waals surface area contributed by atoms with Gasteiger partial charge < -0.3 is 0 Å². The highest BCUT2D eigenvalue weighted by Gasteiger charge is 2.03. The van der Waals surface area contributed by atoms with Gasteiger partial charge in [0.05, 0.1) is 0 Å². The van der Waals surface area contributed by atoms with E-state index in [1.807, 2.05) is 0 Å². The Balaban J connectivity index is 2.99. The molecule has 0 radical (unpaired) electrons. The third-order valence-corrected chi connectivity index (χ3v) is 7.48. The van der Waals surface area contributed by atoms with Crippen LogP contribution in [0.4, 0.5) is 0 Å². The third kappa shape index (κ3) is 3.83. The summed E-state index contributed by atoms with van der Waals surface area (Å²) in [6.45, 7) is 4.50. The second kappa shape index (κ2) is 3.63. The maximum atomic E-state index is 2.83. The van der Waals surface area contributed by atoms with E-state index in [0.717, 1.165) is 4.29 Å². The van der Waals surface area contributed by atoms with E-state index in [1.54, 1.807) is 0 Å². The molecule has 0 N–H and O–H groups in total. The molecule has 0 bridgehead atoms. The van der Waals surface area contributed by atoms with Crippen molar-refractivity contribution in [3.05, 3.63) is 0 Å². The van der Waals surface area contributed by atoms with Crippen molar-refractivity contribution in [3.8, 4) is 0 Å².